The van der Waals surface area contributed by atoms with E-state index >= 15 is 0 Å². The van der Waals surface area contributed by atoms with E-state index in [9.17, 15) is 0 Å². The Balaban J connectivity index is 1.57. The zero-order valence-electron chi connectivity index (χ0n) is 15.6. The molecule has 0 bridgehead atoms. The van der Waals surface area contributed by atoms with Crippen molar-refractivity contribution >= 4 is 23.5 Å². The fourth-order valence-electron chi connectivity index (χ4n) is 2.80. The van der Waals surface area contributed by atoms with Crippen molar-refractivity contribution in [2.45, 2.75) is 32.7 Å². The number of nitrogens with zero attached hydrogens (tertiary/aromatic N) is 6. The van der Waals surface area contributed by atoms with E-state index in [4.69, 9.17) is 0 Å². The number of benzene rings is 1. The lowest BCUT2D eigenvalue weighted by molar-refractivity contribution is 0.813. The van der Waals surface area contributed by atoms with Gasteiger partial charge in [0.25, 0.3) is 0 Å². The Morgan fingerprint density at radius 1 is 1.04 bits per heavy atom. The molecule has 1 aliphatic rings. The fraction of sp³-hybridized carbons (Fsp3) is 0.368. The summed E-state index contributed by atoms with van der Waals surface area (Å²) in [5.41, 5.74) is 1.97. The molecule has 0 spiro atoms. The maximum absolute atomic E-state index is 4.61. The van der Waals surface area contributed by atoms with Crippen LogP contribution in [-0.2, 0) is 0 Å². The highest BCUT2D eigenvalue weighted by molar-refractivity contribution is 5.58. The van der Waals surface area contributed by atoms with Crippen molar-refractivity contribution < 1.29 is 0 Å². The van der Waals surface area contributed by atoms with Gasteiger partial charge in [-0.05, 0) is 51.0 Å². The monoisotopic (exact) mass is 364 g/mol. The normalized spacial score (nSPS) is 13.4. The number of hydrogen-bond donors (Lipinski definition) is 2. The van der Waals surface area contributed by atoms with Crippen molar-refractivity contribution in [3.05, 3.63) is 43.0 Å². The number of hydrogen-bond acceptors (Lipinski definition) is 7. The minimum absolute atomic E-state index is 0.485. The molecule has 1 aliphatic carbocycles. The first-order valence-corrected chi connectivity index (χ1v) is 9.38. The minimum atomic E-state index is 0.485. The molecular formula is C19H24N8. The molecule has 0 aliphatic heterocycles. The molecule has 0 unspecified atom stereocenters. The summed E-state index contributed by atoms with van der Waals surface area (Å²) in [7, 11) is 0. The van der Waals surface area contributed by atoms with Crippen molar-refractivity contribution in [1.29, 1.82) is 0 Å². The van der Waals surface area contributed by atoms with Gasteiger partial charge in [0.2, 0.25) is 17.8 Å². The van der Waals surface area contributed by atoms with Gasteiger partial charge >= 0.3 is 0 Å². The lowest BCUT2D eigenvalue weighted by atomic mass is 10.3. The summed E-state index contributed by atoms with van der Waals surface area (Å²) in [6.45, 7) is 5.90. The van der Waals surface area contributed by atoms with Crippen LogP contribution in [0.4, 0.5) is 23.5 Å². The molecule has 0 amide bonds. The summed E-state index contributed by atoms with van der Waals surface area (Å²) in [6.07, 6.45) is 7.80. The van der Waals surface area contributed by atoms with Gasteiger partial charge in [-0.3, -0.25) is 0 Å². The van der Waals surface area contributed by atoms with E-state index in [0.29, 0.717) is 23.9 Å². The first-order valence-electron chi connectivity index (χ1n) is 9.38. The van der Waals surface area contributed by atoms with Gasteiger partial charge < -0.3 is 20.1 Å². The predicted octanol–water partition coefficient (Wildman–Crippen LogP) is 3.22. The maximum atomic E-state index is 4.61. The van der Waals surface area contributed by atoms with Gasteiger partial charge in [-0.2, -0.15) is 15.0 Å². The summed E-state index contributed by atoms with van der Waals surface area (Å²) in [4.78, 5) is 19.9. The molecule has 4 rings (SSSR count). The van der Waals surface area contributed by atoms with Crippen LogP contribution in [0.2, 0.25) is 0 Å². The summed E-state index contributed by atoms with van der Waals surface area (Å²) in [5, 5.41) is 6.67. The molecule has 3 aromatic rings. The third-order valence-electron chi connectivity index (χ3n) is 4.51. The van der Waals surface area contributed by atoms with Gasteiger partial charge in [0, 0.05) is 42.9 Å². The summed E-state index contributed by atoms with van der Waals surface area (Å²) in [5.74, 6) is 1.87. The Bertz CT molecular complexity index is 867. The van der Waals surface area contributed by atoms with Crippen LogP contribution < -0.4 is 15.5 Å². The van der Waals surface area contributed by atoms with Gasteiger partial charge in [0.15, 0.2) is 0 Å². The molecule has 1 aromatic carbocycles. The lowest BCUT2D eigenvalue weighted by Gasteiger charge is -2.20. The molecule has 0 saturated heterocycles. The second kappa shape index (κ2) is 7.61. The average Bonchev–Trinajstić information content (AvgIpc) is 3.32. The molecule has 8 nitrogen and oxygen atoms in total. The second-order valence-electron chi connectivity index (χ2n) is 6.52. The molecule has 2 aromatic heterocycles. The summed E-state index contributed by atoms with van der Waals surface area (Å²) in [6, 6.07) is 8.55. The first-order chi connectivity index (χ1) is 13.2. The van der Waals surface area contributed by atoms with Crippen molar-refractivity contribution in [2.24, 2.45) is 0 Å². The number of aromatic nitrogens is 5. The Labute approximate surface area is 158 Å². The largest absolute Gasteiger partial charge is 0.351 e. The SMILES string of the molecule is CCN(CC)c1nc(Nc2ccc(-n3ccnc3)cc2)nc(NC2CC2)n1. The third kappa shape index (κ3) is 4.16. The highest BCUT2D eigenvalue weighted by Gasteiger charge is 2.23. The Kier molecular flexibility index (Phi) is 4.86. The Hall–Kier alpha value is -3.16. The quantitative estimate of drug-likeness (QED) is 0.635. The van der Waals surface area contributed by atoms with Crippen LogP contribution in [0.15, 0.2) is 43.0 Å². The minimum Gasteiger partial charge on any atom is -0.351 e. The van der Waals surface area contributed by atoms with E-state index in [0.717, 1.165) is 24.5 Å². The number of rotatable bonds is 8. The smallest absolute Gasteiger partial charge is 0.233 e. The van der Waals surface area contributed by atoms with Crippen molar-refractivity contribution in [2.75, 3.05) is 28.6 Å². The lowest BCUT2D eigenvalue weighted by Crippen LogP contribution is -2.25. The van der Waals surface area contributed by atoms with Gasteiger partial charge in [-0.1, -0.05) is 0 Å². The van der Waals surface area contributed by atoms with E-state index in [2.05, 4.69) is 49.3 Å². The Morgan fingerprint density at radius 2 is 1.78 bits per heavy atom. The standard InChI is InChI=1S/C19H24N8/c1-3-26(4-2)19-24-17(21-14-5-6-14)23-18(25-19)22-15-7-9-16(10-8-15)27-12-11-20-13-27/h7-14H,3-6H2,1-2H3,(H2,21,22,23,24,25). The number of imidazole rings is 1. The topological polar surface area (TPSA) is 83.8 Å². The summed E-state index contributed by atoms with van der Waals surface area (Å²) >= 11 is 0. The molecule has 140 valence electrons. The molecule has 1 fully saturated rings. The highest BCUT2D eigenvalue weighted by atomic mass is 15.3. The van der Waals surface area contributed by atoms with Gasteiger partial charge in [0.05, 0.1) is 6.33 Å². The van der Waals surface area contributed by atoms with Crippen LogP contribution in [-0.4, -0.2) is 43.6 Å². The van der Waals surface area contributed by atoms with E-state index in [-0.39, 0.29) is 0 Å². The molecule has 0 atom stereocenters. The summed E-state index contributed by atoms with van der Waals surface area (Å²) < 4.78 is 1.96. The van der Waals surface area contributed by atoms with Crippen LogP contribution in [0.5, 0.6) is 0 Å². The van der Waals surface area contributed by atoms with Gasteiger partial charge in [0.1, 0.15) is 0 Å². The predicted molar refractivity (Wildman–Crippen MR) is 107 cm³/mol. The van der Waals surface area contributed by atoms with E-state index in [1.54, 1.807) is 12.5 Å². The molecule has 2 heterocycles. The van der Waals surface area contributed by atoms with Crippen LogP contribution in [0.25, 0.3) is 5.69 Å². The molecule has 27 heavy (non-hydrogen) atoms. The number of nitrogens with one attached hydrogen (secondary N) is 2. The zero-order chi connectivity index (χ0) is 18.6. The molecule has 1 saturated carbocycles. The van der Waals surface area contributed by atoms with Crippen LogP contribution in [0.3, 0.4) is 0 Å². The molecule has 0 radical (unpaired) electrons. The van der Waals surface area contributed by atoms with Crippen LogP contribution in [0, 0.1) is 0 Å². The fourth-order valence-corrected chi connectivity index (χ4v) is 2.80. The van der Waals surface area contributed by atoms with E-state index in [1.807, 2.05) is 35.0 Å². The van der Waals surface area contributed by atoms with E-state index in [1.165, 1.54) is 12.8 Å². The highest BCUT2D eigenvalue weighted by Crippen LogP contribution is 2.25. The first kappa shape index (κ1) is 17.3. The van der Waals surface area contributed by atoms with Gasteiger partial charge in [-0.15, -0.1) is 0 Å². The molecular weight excluding hydrogens is 340 g/mol. The van der Waals surface area contributed by atoms with Crippen LogP contribution in [0.1, 0.15) is 26.7 Å². The van der Waals surface area contributed by atoms with Gasteiger partial charge in [-0.25, -0.2) is 4.98 Å². The molecule has 2 N–H and O–H groups in total. The van der Waals surface area contributed by atoms with Crippen molar-refractivity contribution in [3.63, 3.8) is 0 Å². The Morgan fingerprint density at radius 3 is 2.41 bits per heavy atom. The number of anilines is 4. The average molecular weight is 364 g/mol. The third-order valence-corrected chi connectivity index (χ3v) is 4.51. The zero-order valence-corrected chi connectivity index (χ0v) is 15.6. The molecule has 8 heteroatoms. The van der Waals surface area contributed by atoms with Crippen molar-refractivity contribution in [1.82, 2.24) is 24.5 Å². The van der Waals surface area contributed by atoms with Crippen molar-refractivity contribution in [3.8, 4) is 5.69 Å². The van der Waals surface area contributed by atoms with E-state index < -0.39 is 0 Å². The van der Waals surface area contributed by atoms with Crippen LogP contribution >= 0.6 is 0 Å². The second-order valence-corrected chi connectivity index (χ2v) is 6.52. The maximum Gasteiger partial charge on any atom is 0.233 e.